The average Bonchev–Trinajstić information content (AvgIpc) is 2.45. The summed E-state index contributed by atoms with van der Waals surface area (Å²) in [5.41, 5.74) is 7.52. The van der Waals surface area contributed by atoms with Crippen molar-refractivity contribution >= 4 is 28.9 Å². The SMILES string of the molecule is Nc1cc(Cl)c(Oc2n[nH]c(=O)c3c2CCCC3)c(Cl)c1. The van der Waals surface area contributed by atoms with Gasteiger partial charge < -0.3 is 10.5 Å². The number of benzene rings is 1. The van der Waals surface area contributed by atoms with Crippen LogP contribution in [-0.2, 0) is 12.8 Å². The highest BCUT2D eigenvalue weighted by Gasteiger charge is 2.21. The van der Waals surface area contributed by atoms with Crippen molar-refractivity contribution in [3.8, 4) is 11.6 Å². The number of aromatic amines is 1. The van der Waals surface area contributed by atoms with Crippen LogP contribution in [0.4, 0.5) is 5.69 Å². The van der Waals surface area contributed by atoms with Gasteiger partial charge in [-0.2, -0.15) is 0 Å². The molecule has 0 bridgehead atoms. The van der Waals surface area contributed by atoms with Crippen molar-refractivity contribution in [1.82, 2.24) is 10.2 Å². The minimum absolute atomic E-state index is 0.161. The van der Waals surface area contributed by atoms with Gasteiger partial charge in [0.05, 0.1) is 10.0 Å². The van der Waals surface area contributed by atoms with Crippen LogP contribution in [0.1, 0.15) is 24.0 Å². The number of hydrogen-bond donors (Lipinski definition) is 2. The molecule has 0 aliphatic heterocycles. The fourth-order valence-electron chi connectivity index (χ4n) is 2.49. The molecule has 1 aromatic heterocycles. The molecule has 0 saturated carbocycles. The van der Waals surface area contributed by atoms with E-state index in [1.54, 1.807) is 12.1 Å². The average molecular weight is 326 g/mol. The molecule has 3 N–H and O–H groups in total. The number of fused-ring (bicyclic) bond motifs is 1. The lowest BCUT2D eigenvalue weighted by atomic mass is 9.94. The van der Waals surface area contributed by atoms with Gasteiger partial charge in [-0.1, -0.05) is 23.2 Å². The van der Waals surface area contributed by atoms with E-state index in [9.17, 15) is 4.79 Å². The first kappa shape index (κ1) is 14.2. The first-order chi connectivity index (χ1) is 10.1. The van der Waals surface area contributed by atoms with Crippen LogP contribution >= 0.6 is 23.2 Å². The maximum absolute atomic E-state index is 11.8. The van der Waals surface area contributed by atoms with Gasteiger partial charge in [0.2, 0.25) is 5.88 Å². The Bertz CT molecular complexity index is 735. The summed E-state index contributed by atoms with van der Waals surface area (Å²) in [6, 6.07) is 3.11. The van der Waals surface area contributed by atoms with E-state index in [4.69, 9.17) is 33.7 Å². The number of nitrogens with two attached hydrogens (primary N) is 1. The Labute approximate surface area is 131 Å². The number of nitrogen functional groups attached to an aromatic ring is 1. The van der Waals surface area contributed by atoms with Crippen LogP contribution in [0.2, 0.25) is 10.0 Å². The molecule has 0 atom stereocenters. The van der Waals surface area contributed by atoms with Crippen LogP contribution in [0, 0.1) is 0 Å². The predicted molar refractivity (Wildman–Crippen MR) is 82.4 cm³/mol. The molecule has 0 amide bonds. The fourth-order valence-corrected chi connectivity index (χ4v) is 3.07. The third kappa shape index (κ3) is 2.71. The highest BCUT2D eigenvalue weighted by Crippen LogP contribution is 2.39. The van der Waals surface area contributed by atoms with Crippen molar-refractivity contribution in [2.24, 2.45) is 0 Å². The zero-order valence-corrected chi connectivity index (χ0v) is 12.6. The molecular weight excluding hydrogens is 313 g/mol. The molecule has 1 aromatic carbocycles. The van der Waals surface area contributed by atoms with E-state index in [-0.39, 0.29) is 5.56 Å². The van der Waals surface area contributed by atoms with E-state index in [1.807, 2.05) is 0 Å². The summed E-state index contributed by atoms with van der Waals surface area (Å²) in [5, 5.41) is 7.05. The van der Waals surface area contributed by atoms with Crippen molar-refractivity contribution in [3.05, 3.63) is 43.7 Å². The molecular formula is C14H13Cl2N3O2. The van der Waals surface area contributed by atoms with E-state index in [2.05, 4.69) is 10.2 Å². The lowest BCUT2D eigenvalue weighted by Crippen LogP contribution is -2.21. The van der Waals surface area contributed by atoms with Gasteiger partial charge >= 0.3 is 0 Å². The maximum atomic E-state index is 11.8. The first-order valence-electron chi connectivity index (χ1n) is 6.59. The second-order valence-electron chi connectivity index (χ2n) is 4.94. The number of anilines is 1. The number of H-pyrrole nitrogens is 1. The molecule has 1 aliphatic rings. The van der Waals surface area contributed by atoms with Gasteiger partial charge in [-0.15, -0.1) is 5.10 Å². The molecule has 7 heteroatoms. The fraction of sp³-hybridized carbons (Fsp3) is 0.286. The third-order valence-electron chi connectivity index (χ3n) is 3.48. The topological polar surface area (TPSA) is 81.0 Å². The molecule has 5 nitrogen and oxygen atoms in total. The number of nitrogens with zero attached hydrogens (tertiary/aromatic N) is 1. The third-order valence-corrected chi connectivity index (χ3v) is 4.04. The standard InChI is InChI=1S/C14H13Cl2N3O2/c15-10-5-7(17)6-11(16)12(10)21-14-9-4-2-1-3-8(9)13(20)18-19-14/h5-6H,1-4,17H2,(H,18,20). The molecule has 0 spiro atoms. The smallest absolute Gasteiger partial charge is 0.267 e. The Kier molecular flexibility index (Phi) is 3.78. The maximum Gasteiger partial charge on any atom is 0.267 e. The molecule has 0 radical (unpaired) electrons. The second-order valence-corrected chi connectivity index (χ2v) is 5.75. The second kappa shape index (κ2) is 5.58. The van der Waals surface area contributed by atoms with E-state index < -0.39 is 0 Å². The molecule has 3 rings (SSSR count). The van der Waals surface area contributed by atoms with Gasteiger partial charge in [-0.25, -0.2) is 5.10 Å². The highest BCUT2D eigenvalue weighted by molar-refractivity contribution is 6.37. The number of rotatable bonds is 2. The van der Waals surface area contributed by atoms with Gasteiger partial charge in [-0.05, 0) is 37.8 Å². The van der Waals surface area contributed by atoms with Crippen LogP contribution in [0.25, 0.3) is 0 Å². The normalized spacial score (nSPS) is 13.8. The highest BCUT2D eigenvalue weighted by atomic mass is 35.5. The van der Waals surface area contributed by atoms with Gasteiger partial charge in [0.1, 0.15) is 0 Å². The Hall–Kier alpha value is -1.72. The summed E-state index contributed by atoms with van der Waals surface area (Å²) < 4.78 is 5.75. The molecule has 21 heavy (non-hydrogen) atoms. The zero-order chi connectivity index (χ0) is 15.0. The van der Waals surface area contributed by atoms with Gasteiger partial charge in [0.15, 0.2) is 5.75 Å². The van der Waals surface area contributed by atoms with Crippen LogP contribution in [0.3, 0.4) is 0 Å². The van der Waals surface area contributed by atoms with E-state index in [0.717, 1.165) is 36.8 Å². The summed E-state index contributed by atoms with van der Waals surface area (Å²) >= 11 is 12.2. The van der Waals surface area contributed by atoms with E-state index >= 15 is 0 Å². The molecule has 1 heterocycles. The zero-order valence-electron chi connectivity index (χ0n) is 11.1. The Balaban J connectivity index is 2.05. The molecule has 110 valence electrons. The lowest BCUT2D eigenvalue weighted by Gasteiger charge is -2.18. The van der Waals surface area contributed by atoms with Crippen molar-refractivity contribution in [2.45, 2.75) is 25.7 Å². The summed E-state index contributed by atoms with van der Waals surface area (Å²) in [4.78, 5) is 11.8. The lowest BCUT2D eigenvalue weighted by molar-refractivity contribution is 0.440. The van der Waals surface area contributed by atoms with Crippen molar-refractivity contribution in [1.29, 1.82) is 0 Å². The van der Waals surface area contributed by atoms with Crippen LogP contribution in [0.5, 0.6) is 11.6 Å². The summed E-state index contributed by atoms with van der Waals surface area (Å²) in [6.07, 6.45) is 3.47. The summed E-state index contributed by atoms with van der Waals surface area (Å²) in [6.45, 7) is 0. The van der Waals surface area contributed by atoms with E-state index in [0.29, 0.717) is 27.4 Å². The van der Waals surface area contributed by atoms with Crippen molar-refractivity contribution in [3.63, 3.8) is 0 Å². The van der Waals surface area contributed by atoms with Crippen molar-refractivity contribution in [2.75, 3.05) is 5.73 Å². The van der Waals surface area contributed by atoms with Crippen LogP contribution in [0.15, 0.2) is 16.9 Å². The quantitative estimate of drug-likeness (QED) is 0.830. The molecule has 0 saturated heterocycles. The number of aromatic nitrogens is 2. The molecule has 1 aliphatic carbocycles. The molecule has 0 fully saturated rings. The summed E-state index contributed by atoms with van der Waals surface area (Å²) in [7, 11) is 0. The minimum atomic E-state index is -0.161. The molecule has 2 aromatic rings. The Morgan fingerprint density at radius 2 is 1.76 bits per heavy atom. The monoisotopic (exact) mass is 325 g/mol. The number of hydrogen-bond acceptors (Lipinski definition) is 4. The Morgan fingerprint density at radius 3 is 2.43 bits per heavy atom. The predicted octanol–water partition coefficient (Wildman–Crippen LogP) is 3.33. The van der Waals surface area contributed by atoms with Crippen LogP contribution in [-0.4, -0.2) is 10.2 Å². The van der Waals surface area contributed by atoms with Gasteiger partial charge in [0, 0.05) is 16.8 Å². The first-order valence-corrected chi connectivity index (χ1v) is 7.34. The number of halogens is 2. The summed E-state index contributed by atoms with van der Waals surface area (Å²) in [5.74, 6) is 0.637. The largest absolute Gasteiger partial charge is 0.434 e. The number of nitrogens with one attached hydrogen (secondary N) is 1. The van der Waals surface area contributed by atoms with Gasteiger partial charge in [-0.3, -0.25) is 4.79 Å². The molecule has 0 unspecified atom stereocenters. The van der Waals surface area contributed by atoms with Crippen molar-refractivity contribution < 1.29 is 4.74 Å². The van der Waals surface area contributed by atoms with Gasteiger partial charge in [0.25, 0.3) is 5.56 Å². The number of ether oxygens (including phenoxy) is 1. The Morgan fingerprint density at radius 1 is 1.14 bits per heavy atom. The van der Waals surface area contributed by atoms with E-state index in [1.165, 1.54) is 0 Å². The van der Waals surface area contributed by atoms with Crippen LogP contribution < -0.4 is 16.0 Å². The minimum Gasteiger partial charge on any atom is -0.434 e.